The van der Waals surface area contributed by atoms with Gasteiger partial charge in [-0.15, -0.1) is 0 Å². The molecule has 0 radical (unpaired) electrons. The molecule has 0 unspecified atom stereocenters. The van der Waals surface area contributed by atoms with Gasteiger partial charge < -0.3 is 20.1 Å². The summed E-state index contributed by atoms with van der Waals surface area (Å²) < 4.78 is 1.70. The van der Waals surface area contributed by atoms with Gasteiger partial charge in [0, 0.05) is 23.5 Å². The van der Waals surface area contributed by atoms with Crippen LogP contribution in [0.2, 0.25) is 0 Å². The molecule has 4 rings (SSSR count). The number of pyridine rings is 2. The highest BCUT2D eigenvalue weighted by Crippen LogP contribution is 2.39. The molecule has 2 heterocycles. The lowest BCUT2D eigenvalue weighted by molar-refractivity contribution is 0.102. The van der Waals surface area contributed by atoms with Crippen LogP contribution in [-0.4, -0.2) is 25.7 Å². The Hall–Kier alpha value is -2.83. The van der Waals surface area contributed by atoms with Gasteiger partial charge in [0.2, 0.25) is 0 Å². The Bertz CT molecular complexity index is 915. The van der Waals surface area contributed by atoms with Crippen LogP contribution >= 0.6 is 0 Å². The van der Waals surface area contributed by atoms with Gasteiger partial charge in [0.05, 0.1) is 0 Å². The highest BCUT2D eigenvalue weighted by molar-refractivity contribution is 6.06. The number of fused-ring (bicyclic) bond motifs is 1. The van der Waals surface area contributed by atoms with Crippen LogP contribution in [0.5, 0.6) is 11.5 Å². The van der Waals surface area contributed by atoms with Gasteiger partial charge in [-0.05, 0) is 50.7 Å². The van der Waals surface area contributed by atoms with Crippen molar-refractivity contribution in [1.29, 1.82) is 0 Å². The molecule has 130 valence electrons. The molecule has 25 heavy (non-hydrogen) atoms. The van der Waals surface area contributed by atoms with E-state index in [1.165, 1.54) is 18.3 Å². The van der Waals surface area contributed by atoms with E-state index in [0.717, 1.165) is 37.8 Å². The zero-order chi connectivity index (χ0) is 17.6. The van der Waals surface area contributed by atoms with Gasteiger partial charge in [0.25, 0.3) is 11.5 Å². The number of aromatic nitrogens is 2. The van der Waals surface area contributed by atoms with Crippen molar-refractivity contribution in [2.75, 3.05) is 5.32 Å². The molecule has 1 saturated carbocycles. The van der Waals surface area contributed by atoms with Gasteiger partial charge in [-0.3, -0.25) is 9.59 Å². The first-order valence-corrected chi connectivity index (χ1v) is 8.52. The minimum atomic E-state index is -0.751. The van der Waals surface area contributed by atoms with Gasteiger partial charge in [0.1, 0.15) is 11.3 Å². The fourth-order valence-corrected chi connectivity index (χ4v) is 3.49. The van der Waals surface area contributed by atoms with Crippen molar-refractivity contribution in [3.8, 4) is 11.5 Å². The van der Waals surface area contributed by atoms with Gasteiger partial charge >= 0.3 is 0 Å². The van der Waals surface area contributed by atoms with Crippen molar-refractivity contribution in [3.63, 3.8) is 0 Å². The molecule has 0 atom stereocenters. The lowest BCUT2D eigenvalue weighted by atomic mass is 9.93. The minimum absolute atomic E-state index is 0.0398. The van der Waals surface area contributed by atoms with Crippen LogP contribution in [0.1, 0.15) is 53.3 Å². The van der Waals surface area contributed by atoms with Crippen molar-refractivity contribution in [2.45, 2.75) is 44.6 Å². The van der Waals surface area contributed by atoms with E-state index in [0.29, 0.717) is 12.0 Å². The van der Waals surface area contributed by atoms with Gasteiger partial charge in [-0.25, -0.2) is 4.98 Å². The van der Waals surface area contributed by atoms with Crippen LogP contribution in [0.15, 0.2) is 23.1 Å². The van der Waals surface area contributed by atoms with E-state index in [2.05, 4.69) is 10.3 Å². The van der Waals surface area contributed by atoms with Crippen LogP contribution in [0, 0.1) is 0 Å². The number of aromatic hydroxyl groups is 2. The number of anilines is 1. The molecule has 3 N–H and O–H groups in total. The average molecular weight is 341 g/mol. The monoisotopic (exact) mass is 341 g/mol. The van der Waals surface area contributed by atoms with Crippen LogP contribution in [0.3, 0.4) is 0 Å². The molecule has 0 aromatic carbocycles. The first-order chi connectivity index (χ1) is 12.1. The first kappa shape index (κ1) is 15.7. The summed E-state index contributed by atoms with van der Waals surface area (Å²) in [4.78, 5) is 29.5. The van der Waals surface area contributed by atoms with E-state index in [1.54, 1.807) is 4.57 Å². The number of hydrogen-bond acceptors (Lipinski definition) is 5. The standard InChI is InChI=1S/C18H19N3O4/c22-13-6-3-9-19-16(13)20-17(24)14-15(23)11-4-1-2-5-12(11)21(18(14)25)10-7-8-10/h3,6,9-10,22-23H,1-2,4-5,7-8H2,(H,19,20,24). The van der Waals surface area contributed by atoms with Crippen LogP contribution in [-0.2, 0) is 12.8 Å². The largest absolute Gasteiger partial charge is 0.507 e. The first-order valence-electron chi connectivity index (χ1n) is 8.52. The maximum atomic E-state index is 12.9. The number of carbonyl (C=O) groups is 1. The van der Waals surface area contributed by atoms with E-state index >= 15 is 0 Å². The lowest BCUT2D eigenvalue weighted by Crippen LogP contribution is -2.33. The van der Waals surface area contributed by atoms with Gasteiger partial charge in [0.15, 0.2) is 11.6 Å². The molecule has 0 spiro atoms. The third kappa shape index (κ3) is 2.65. The van der Waals surface area contributed by atoms with Gasteiger partial charge in [-0.1, -0.05) is 0 Å². The Kier molecular flexibility index (Phi) is 3.71. The van der Waals surface area contributed by atoms with Crippen molar-refractivity contribution >= 4 is 11.7 Å². The second-order valence-electron chi connectivity index (χ2n) is 6.59. The Morgan fingerprint density at radius 1 is 1.24 bits per heavy atom. The zero-order valence-corrected chi connectivity index (χ0v) is 13.7. The zero-order valence-electron chi connectivity index (χ0n) is 13.7. The van der Waals surface area contributed by atoms with E-state index in [9.17, 15) is 19.8 Å². The summed E-state index contributed by atoms with van der Waals surface area (Å²) in [6.07, 6.45) is 6.56. The molecule has 2 aromatic rings. The van der Waals surface area contributed by atoms with E-state index in [-0.39, 0.29) is 28.9 Å². The third-order valence-corrected chi connectivity index (χ3v) is 4.84. The lowest BCUT2D eigenvalue weighted by Gasteiger charge is -2.23. The van der Waals surface area contributed by atoms with Crippen LogP contribution in [0.4, 0.5) is 5.82 Å². The molecule has 0 aliphatic heterocycles. The third-order valence-electron chi connectivity index (χ3n) is 4.84. The summed E-state index contributed by atoms with van der Waals surface area (Å²) in [5.41, 5.74) is 0.841. The average Bonchev–Trinajstić information content (AvgIpc) is 3.42. The molecule has 7 heteroatoms. The number of nitrogens with one attached hydrogen (secondary N) is 1. The highest BCUT2D eigenvalue weighted by atomic mass is 16.3. The maximum absolute atomic E-state index is 12.9. The van der Waals surface area contributed by atoms with Crippen LogP contribution < -0.4 is 10.9 Å². The minimum Gasteiger partial charge on any atom is -0.507 e. The van der Waals surface area contributed by atoms with Crippen molar-refractivity contribution in [3.05, 3.63) is 45.5 Å². The van der Waals surface area contributed by atoms with Crippen molar-refractivity contribution in [2.24, 2.45) is 0 Å². The molecule has 1 fully saturated rings. The maximum Gasteiger partial charge on any atom is 0.267 e. The molecular formula is C18H19N3O4. The second kappa shape index (κ2) is 5.91. The summed E-state index contributed by atoms with van der Waals surface area (Å²) in [6, 6.07) is 3.04. The number of rotatable bonds is 3. The normalized spacial score (nSPS) is 16.3. The number of carbonyl (C=O) groups excluding carboxylic acids is 1. The number of nitrogens with zero attached hydrogens (tertiary/aromatic N) is 2. The van der Waals surface area contributed by atoms with E-state index < -0.39 is 11.5 Å². The molecule has 2 aliphatic carbocycles. The molecule has 7 nitrogen and oxygen atoms in total. The summed E-state index contributed by atoms with van der Waals surface area (Å²) in [6.45, 7) is 0. The summed E-state index contributed by atoms with van der Waals surface area (Å²) in [5, 5.41) is 22.8. The van der Waals surface area contributed by atoms with E-state index in [4.69, 9.17) is 0 Å². The molecule has 2 aliphatic rings. The Labute approximate surface area is 144 Å². The Morgan fingerprint density at radius 2 is 2.00 bits per heavy atom. The van der Waals surface area contributed by atoms with E-state index in [1.807, 2.05) is 0 Å². The number of hydrogen-bond donors (Lipinski definition) is 3. The topological polar surface area (TPSA) is 104 Å². The summed E-state index contributed by atoms with van der Waals surface area (Å²) >= 11 is 0. The quantitative estimate of drug-likeness (QED) is 0.793. The van der Waals surface area contributed by atoms with Gasteiger partial charge in [-0.2, -0.15) is 0 Å². The molecule has 0 saturated heterocycles. The highest BCUT2D eigenvalue weighted by Gasteiger charge is 2.34. The fourth-order valence-electron chi connectivity index (χ4n) is 3.49. The van der Waals surface area contributed by atoms with Crippen molar-refractivity contribution < 1.29 is 15.0 Å². The second-order valence-corrected chi connectivity index (χ2v) is 6.59. The molecular weight excluding hydrogens is 322 g/mol. The van der Waals surface area contributed by atoms with Crippen LogP contribution in [0.25, 0.3) is 0 Å². The SMILES string of the molecule is O=C(Nc1ncccc1O)c1c(O)c2c(n(C3CC3)c1=O)CCCC2. The molecule has 1 amide bonds. The Balaban J connectivity index is 1.81. The molecule has 2 aromatic heterocycles. The molecule has 0 bridgehead atoms. The smallest absolute Gasteiger partial charge is 0.267 e. The predicted molar refractivity (Wildman–Crippen MR) is 91.1 cm³/mol. The number of amides is 1. The summed E-state index contributed by atoms with van der Waals surface area (Å²) in [7, 11) is 0. The predicted octanol–water partition coefficient (Wildman–Crippen LogP) is 2.12. The summed E-state index contributed by atoms with van der Waals surface area (Å²) in [5.74, 6) is -1.22. The fraction of sp³-hybridized carbons (Fsp3) is 0.389. The Morgan fingerprint density at radius 3 is 2.72 bits per heavy atom. The van der Waals surface area contributed by atoms with Crippen molar-refractivity contribution in [1.82, 2.24) is 9.55 Å².